The summed E-state index contributed by atoms with van der Waals surface area (Å²) in [7, 11) is 0. The van der Waals surface area contributed by atoms with E-state index >= 15 is 0 Å². The van der Waals surface area contributed by atoms with Crippen molar-refractivity contribution in [2.24, 2.45) is 0 Å². The molecule has 1 aromatic carbocycles. The minimum absolute atomic E-state index is 0.177. The summed E-state index contributed by atoms with van der Waals surface area (Å²) in [5.41, 5.74) is -0.466. The molecule has 7 nitrogen and oxygen atoms in total. The van der Waals surface area contributed by atoms with Crippen LogP contribution in [0.5, 0.6) is 6.01 Å². The second-order valence-electron chi connectivity index (χ2n) is 5.88. The average Bonchev–Trinajstić information content (AvgIpc) is 3.08. The highest BCUT2D eigenvalue weighted by Crippen LogP contribution is 2.32. The second kappa shape index (κ2) is 4.33. The number of imidazole rings is 1. The maximum atomic E-state index is 10.7. The predicted molar refractivity (Wildman–Crippen MR) is 79.9 cm³/mol. The van der Waals surface area contributed by atoms with Gasteiger partial charge in [-0.05, 0) is 22.6 Å². The molecule has 1 atom stereocenters. The molecule has 0 N–H and O–H groups in total. The van der Waals surface area contributed by atoms with Crippen LogP contribution in [0.15, 0.2) is 42.9 Å². The molecule has 7 heteroatoms. The minimum atomic E-state index is -0.509. The van der Waals surface area contributed by atoms with Crippen LogP contribution in [0.2, 0.25) is 0 Å². The van der Waals surface area contributed by atoms with Gasteiger partial charge in [-0.2, -0.15) is 0 Å². The molecule has 0 radical (unpaired) electrons. The summed E-state index contributed by atoms with van der Waals surface area (Å²) in [6, 6.07) is 8.46. The number of aromatic nitrogens is 3. The summed E-state index contributed by atoms with van der Waals surface area (Å²) < 4.78 is 9.64. The lowest BCUT2D eigenvalue weighted by Gasteiger charge is -2.22. The van der Waals surface area contributed by atoms with Gasteiger partial charge in [0.25, 0.3) is 0 Å². The van der Waals surface area contributed by atoms with Gasteiger partial charge in [-0.3, -0.25) is 4.57 Å². The predicted octanol–water partition coefficient (Wildman–Crippen LogP) is 2.60. The van der Waals surface area contributed by atoms with Gasteiger partial charge in [0, 0.05) is 17.4 Å². The number of ether oxygens (including phenoxy) is 1. The van der Waals surface area contributed by atoms with Crippen LogP contribution in [0.3, 0.4) is 0 Å². The summed E-state index contributed by atoms with van der Waals surface area (Å²) in [5.74, 6) is -0.177. The van der Waals surface area contributed by atoms with Gasteiger partial charge in [-0.25, -0.2) is 0 Å². The number of hydrogen-bond acceptors (Lipinski definition) is 4. The molecule has 0 saturated heterocycles. The third-order valence-corrected chi connectivity index (χ3v) is 3.88. The van der Waals surface area contributed by atoms with E-state index in [1.807, 2.05) is 19.1 Å². The molecule has 0 amide bonds. The van der Waals surface area contributed by atoms with Crippen molar-refractivity contribution in [3.05, 3.63) is 53.0 Å². The lowest BCUT2D eigenvalue weighted by molar-refractivity contribution is -0.389. The molecule has 1 aliphatic heterocycles. The molecule has 4 rings (SSSR count). The second-order valence-corrected chi connectivity index (χ2v) is 5.88. The van der Waals surface area contributed by atoms with E-state index in [1.165, 1.54) is 17.0 Å². The van der Waals surface area contributed by atoms with Crippen molar-refractivity contribution in [3.63, 3.8) is 0 Å². The lowest BCUT2D eigenvalue weighted by atomic mass is 10.1. The van der Waals surface area contributed by atoms with Crippen molar-refractivity contribution in [2.45, 2.75) is 25.6 Å². The van der Waals surface area contributed by atoms with E-state index in [1.54, 1.807) is 4.57 Å². The molecule has 3 aromatic rings. The zero-order chi connectivity index (χ0) is 15.3. The summed E-state index contributed by atoms with van der Waals surface area (Å²) in [5, 5.41) is 13.1. The van der Waals surface area contributed by atoms with Crippen LogP contribution in [-0.2, 0) is 13.1 Å². The Balaban J connectivity index is 1.58. The van der Waals surface area contributed by atoms with E-state index in [2.05, 4.69) is 34.1 Å². The van der Waals surface area contributed by atoms with Gasteiger partial charge in [0.2, 0.25) is 0 Å². The maximum absolute atomic E-state index is 10.7. The minimum Gasteiger partial charge on any atom is -0.436 e. The van der Waals surface area contributed by atoms with Crippen molar-refractivity contribution < 1.29 is 9.66 Å². The van der Waals surface area contributed by atoms with Crippen LogP contribution < -0.4 is 4.74 Å². The first-order valence-corrected chi connectivity index (χ1v) is 6.98. The van der Waals surface area contributed by atoms with Crippen LogP contribution in [0, 0.1) is 10.1 Å². The molecule has 0 bridgehead atoms. The molecular formula is C15H14N4O3. The number of nitrogens with zero attached hydrogens (tertiary/aromatic N) is 4. The SMILES string of the molecule is CC1(Cn2cc3ccccc3c2)Cn2cc([N+](=O)[O-])nc2O1. The highest BCUT2D eigenvalue weighted by atomic mass is 16.6. The Hall–Kier alpha value is -2.83. The Kier molecular flexibility index (Phi) is 2.53. The van der Waals surface area contributed by atoms with Crippen LogP contribution in [0.1, 0.15) is 6.92 Å². The summed E-state index contributed by atoms with van der Waals surface area (Å²) in [6.07, 6.45) is 5.58. The van der Waals surface area contributed by atoms with E-state index in [0.717, 1.165) is 0 Å². The molecule has 0 aliphatic carbocycles. The van der Waals surface area contributed by atoms with E-state index in [0.29, 0.717) is 19.1 Å². The Morgan fingerprint density at radius 3 is 2.59 bits per heavy atom. The highest BCUT2D eigenvalue weighted by Gasteiger charge is 2.40. The van der Waals surface area contributed by atoms with Crippen molar-refractivity contribution in [2.75, 3.05) is 0 Å². The van der Waals surface area contributed by atoms with Gasteiger partial charge in [0.05, 0.1) is 13.1 Å². The molecule has 1 unspecified atom stereocenters. The molecular weight excluding hydrogens is 284 g/mol. The van der Waals surface area contributed by atoms with Gasteiger partial charge in [-0.15, -0.1) is 0 Å². The molecule has 22 heavy (non-hydrogen) atoms. The number of nitro groups is 1. The van der Waals surface area contributed by atoms with Gasteiger partial charge < -0.3 is 19.4 Å². The fraction of sp³-hybridized carbons (Fsp3) is 0.267. The maximum Gasteiger partial charge on any atom is 0.415 e. The molecule has 2 aromatic heterocycles. The van der Waals surface area contributed by atoms with Gasteiger partial charge in [-0.1, -0.05) is 24.3 Å². The summed E-state index contributed by atoms with van der Waals surface area (Å²) >= 11 is 0. The fourth-order valence-corrected chi connectivity index (χ4v) is 2.98. The molecule has 3 heterocycles. The highest BCUT2D eigenvalue weighted by molar-refractivity contribution is 5.82. The first-order chi connectivity index (χ1) is 10.5. The molecule has 0 spiro atoms. The standard InChI is InChI=1S/C15H14N4O3/c1-15(9-17-6-11-4-2-3-5-12(11)7-17)10-18-8-13(19(20)21)16-14(18)22-15/h2-8H,9-10H2,1H3. The van der Waals surface area contributed by atoms with Crippen molar-refractivity contribution in [1.82, 2.24) is 14.1 Å². The van der Waals surface area contributed by atoms with Crippen LogP contribution in [0.4, 0.5) is 5.82 Å². The quantitative estimate of drug-likeness (QED) is 0.550. The largest absolute Gasteiger partial charge is 0.436 e. The normalized spacial score (nSPS) is 20.0. The van der Waals surface area contributed by atoms with Crippen LogP contribution in [-0.4, -0.2) is 24.6 Å². The molecule has 1 aliphatic rings. The Labute approximate surface area is 125 Å². The van der Waals surface area contributed by atoms with Gasteiger partial charge >= 0.3 is 11.8 Å². The monoisotopic (exact) mass is 298 g/mol. The number of fused-ring (bicyclic) bond motifs is 2. The molecule has 0 fully saturated rings. The van der Waals surface area contributed by atoms with E-state index in [-0.39, 0.29) is 5.82 Å². The average molecular weight is 298 g/mol. The Bertz CT molecular complexity index is 823. The molecule has 112 valence electrons. The van der Waals surface area contributed by atoms with Gasteiger partial charge in [0.15, 0.2) is 0 Å². The molecule has 0 saturated carbocycles. The fourth-order valence-electron chi connectivity index (χ4n) is 2.98. The van der Waals surface area contributed by atoms with Crippen LogP contribution in [0.25, 0.3) is 10.8 Å². The van der Waals surface area contributed by atoms with Crippen LogP contribution >= 0.6 is 0 Å². The summed E-state index contributed by atoms with van der Waals surface area (Å²) in [4.78, 5) is 14.1. The lowest BCUT2D eigenvalue weighted by Crippen LogP contribution is -2.36. The third-order valence-electron chi connectivity index (χ3n) is 3.88. The van der Waals surface area contributed by atoms with Crippen molar-refractivity contribution >= 4 is 16.6 Å². The van der Waals surface area contributed by atoms with Crippen molar-refractivity contribution in [3.8, 4) is 6.01 Å². The number of rotatable bonds is 3. The first-order valence-electron chi connectivity index (χ1n) is 6.98. The zero-order valence-corrected chi connectivity index (χ0v) is 12.0. The van der Waals surface area contributed by atoms with Gasteiger partial charge in [0.1, 0.15) is 11.8 Å². The Morgan fingerprint density at radius 1 is 1.32 bits per heavy atom. The zero-order valence-electron chi connectivity index (χ0n) is 12.0. The topological polar surface area (TPSA) is 75.1 Å². The number of benzene rings is 1. The smallest absolute Gasteiger partial charge is 0.415 e. The summed E-state index contributed by atoms with van der Waals surface area (Å²) in [6.45, 7) is 3.18. The van der Waals surface area contributed by atoms with E-state index in [9.17, 15) is 10.1 Å². The Morgan fingerprint density at radius 2 is 2.00 bits per heavy atom. The third kappa shape index (κ3) is 2.02. The number of hydrogen-bond donors (Lipinski definition) is 0. The first kappa shape index (κ1) is 12.9. The van der Waals surface area contributed by atoms with Crippen molar-refractivity contribution in [1.29, 1.82) is 0 Å². The van der Waals surface area contributed by atoms with E-state index < -0.39 is 10.5 Å². The van der Waals surface area contributed by atoms with E-state index in [4.69, 9.17) is 4.74 Å².